The van der Waals surface area contributed by atoms with Crippen molar-refractivity contribution >= 4 is 51.7 Å². The number of carbonyl (C=O) groups is 2. The Morgan fingerprint density at radius 1 is 1.18 bits per heavy atom. The molecule has 2 rings (SSSR count). The molecule has 0 saturated heterocycles. The number of hydrogen-bond donors (Lipinski definition) is 3. The highest BCUT2D eigenvalue weighted by Gasteiger charge is 2.12. The minimum Gasteiger partial charge on any atom is -0.298 e. The first-order valence-electron chi connectivity index (χ1n) is 6.13. The second-order valence-corrected chi connectivity index (χ2v) is 5.75. The van der Waals surface area contributed by atoms with E-state index >= 15 is 0 Å². The molecule has 0 aliphatic carbocycles. The third kappa shape index (κ3) is 4.01. The zero-order valence-corrected chi connectivity index (χ0v) is 14.4. The molecule has 0 aliphatic heterocycles. The van der Waals surface area contributed by atoms with Crippen molar-refractivity contribution in [3.05, 3.63) is 51.4 Å². The molecule has 0 aliphatic rings. The van der Waals surface area contributed by atoms with Crippen LogP contribution in [0.4, 0.5) is 0 Å². The summed E-state index contributed by atoms with van der Waals surface area (Å²) in [6.45, 7) is 0. The van der Waals surface area contributed by atoms with Crippen LogP contribution in [0.1, 0.15) is 20.8 Å². The number of hydrogen-bond acceptors (Lipinski definition) is 4. The van der Waals surface area contributed by atoms with E-state index in [0.717, 1.165) is 3.57 Å². The first-order valence-corrected chi connectivity index (χ1v) is 7.62. The third-order valence-corrected chi connectivity index (χ3v) is 3.83. The Balaban J connectivity index is 1.89. The van der Waals surface area contributed by atoms with Gasteiger partial charge in [0.25, 0.3) is 11.8 Å². The van der Waals surface area contributed by atoms with Crippen molar-refractivity contribution in [2.75, 3.05) is 0 Å². The maximum atomic E-state index is 12.0. The summed E-state index contributed by atoms with van der Waals surface area (Å²) >= 11 is 7.03. The standard InChI is InChI=1S/C13H12IN5O2S/c1-19-10(6-7-15-19)12(21)17-18-13(22)16-11(20)8-4-2-3-5-9(8)14/h2-7H,1H3,(H,17,21)(H2,16,18,20,22). The summed E-state index contributed by atoms with van der Waals surface area (Å²) in [6, 6.07) is 8.66. The van der Waals surface area contributed by atoms with Crippen molar-refractivity contribution in [1.29, 1.82) is 0 Å². The van der Waals surface area contributed by atoms with Crippen molar-refractivity contribution < 1.29 is 9.59 Å². The fourth-order valence-electron chi connectivity index (χ4n) is 1.62. The van der Waals surface area contributed by atoms with Crippen molar-refractivity contribution in [2.24, 2.45) is 7.05 Å². The number of carbonyl (C=O) groups excluding carboxylic acids is 2. The molecule has 7 nitrogen and oxygen atoms in total. The highest BCUT2D eigenvalue weighted by atomic mass is 127. The van der Waals surface area contributed by atoms with Gasteiger partial charge in [0.15, 0.2) is 5.11 Å². The van der Waals surface area contributed by atoms with Crippen LogP contribution in [-0.4, -0.2) is 26.7 Å². The molecule has 0 spiro atoms. The highest BCUT2D eigenvalue weighted by Crippen LogP contribution is 2.10. The molecule has 1 aromatic heterocycles. The van der Waals surface area contributed by atoms with Crippen LogP contribution in [-0.2, 0) is 7.05 Å². The summed E-state index contributed by atoms with van der Waals surface area (Å²) in [6.07, 6.45) is 1.51. The predicted molar refractivity (Wildman–Crippen MR) is 93.0 cm³/mol. The van der Waals surface area contributed by atoms with Crippen molar-refractivity contribution in [1.82, 2.24) is 25.9 Å². The monoisotopic (exact) mass is 429 g/mol. The number of hydrazine groups is 1. The number of aryl methyl sites for hydroxylation is 1. The summed E-state index contributed by atoms with van der Waals surface area (Å²) < 4.78 is 2.23. The van der Waals surface area contributed by atoms with Gasteiger partial charge in [0, 0.05) is 16.8 Å². The summed E-state index contributed by atoms with van der Waals surface area (Å²) in [5.74, 6) is -0.761. The number of nitrogens with zero attached hydrogens (tertiary/aromatic N) is 2. The SMILES string of the molecule is Cn1nccc1C(=O)NNC(=S)NC(=O)c1ccccc1I. The fourth-order valence-corrected chi connectivity index (χ4v) is 2.40. The van der Waals surface area contributed by atoms with E-state index in [4.69, 9.17) is 12.2 Å². The van der Waals surface area contributed by atoms with Gasteiger partial charge in [-0.2, -0.15) is 5.10 Å². The van der Waals surface area contributed by atoms with E-state index in [9.17, 15) is 9.59 Å². The van der Waals surface area contributed by atoms with Crippen LogP contribution >= 0.6 is 34.8 Å². The van der Waals surface area contributed by atoms with Gasteiger partial charge >= 0.3 is 0 Å². The molecule has 2 aromatic rings. The second-order valence-electron chi connectivity index (χ2n) is 4.18. The fraction of sp³-hybridized carbons (Fsp3) is 0.0769. The lowest BCUT2D eigenvalue weighted by molar-refractivity contribution is 0.0926. The first-order chi connectivity index (χ1) is 10.5. The summed E-state index contributed by atoms with van der Waals surface area (Å²) in [7, 11) is 1.65. The lowest BCUT2D eigenvalue weighted by Gasteiger charge is -2.11. The summed E-state index contributed by atoms with van der Waals surface area (Å²) in [5.41, 5.74) is 5.73. The van der Waals surface area contributed by atoms with Gasteiger partial charge in [-0.3, -0.25) is 30.4 Å². The van der Waals surface area contributed by atoms with Crippen LogP contribution in [0.25, 0.3) is 0 Å². The molecule has 3 N–H and O–H groups in total. The number of benzene rings is 1. The first kappa shape index (κ1) is 16.4. The number of amides is 2. The summed E-state index contributed by atoms with van der Waals surface area (Å²) in [4.78, 5) is 23.9. The number of rotatable bonds is 2. The van der Waals surface area contributed by atoms with Gasteiger partial charge in [-0.05, 0) is 53.0 Å². The maximum Gasteiger partial charge on any atom is 0.287 e. The van der Waals surface area contributed by atoms with Gasteiger partial charge in [0.2, 0.25) is 0 Å². The molecule has 0 atom stereocenters. The van der Waals surface area contributed by atoms with E-state index < -0.39 is 5.91 Å². The smallest absolute Gasteiger partial charge is 0.287 e. The van der Waals surface area contributed by atoms with Crippen LogP contribution in [0.15, 0.2) is 36.5 Å². The van der Waals surface area contributed by atoms with Crippen molar-refractivity contribution in [3.8, 4) is 0 Å². The molecule has 0 unspecified atom stereocenters. The minimum atomic E-state index is -0.411. The molecule has 9 heteroatoms. The van der Waals surface area contributed by atoms with Crippen LogP contribution in [0.3, 0.4) is 0 Å². The molecule has 0 fully saturated rings. The zero-order valence-electron chi connectivity index (χ0n) is 11.5. The molecule has 0 bridgehead atoms. The number of aromatic nitrogens is 2. The van der Waals surface area contributed by atoms with Gasteiger partial charge in [-0.15, -0.1) is 0 Å². The van der Waals surface area contributed by atoms with Crippen LogP contribution in [0, 0.1) is 3.57 Å². The Labute approximate surface area is 145 Å². The molecule has 0 saturated carbocycles. The Morgan fingerprint density at radius 2 is 1.91 bits per heavy atom. The second kappa shape index (κ2) is 7.31. The lowest BCUT2D eigenvalue weighted by Crippen LogP contribution is -2.48. The van der Waals surface area contributed by atoms with Crippen LogP contribution < -0.4 is 16.2 Å². The topological polar surface area (TPSA) is 88.1 Å². The molecule has 114 valence electrons. The highest BCUT2D eigenvalue weighted by molar-refractivity contribution is 14.1. The van der Waals surface area contributed by atoms with Gasteiger partial charge in [0.05, 0.1) is 5.56 Å². The quantitative estimate of drug-likeness (QED) is 0.377. The van der Waals surface area contributed by atoms with Crippen LogP contribution in [0.5, 0.6) is 0 Å². The van der Waals surface area contributed by atoms with Gasteiger partial charge in [-0.1, -0.05) is 12.1 Å². The van der Waals surface area contributed by atoms with Gasteiger partial charge in [0.1, 0.15) is 5.69 Å². The number of nitrogens with one attached hydrogen (secondary N) is 3. The molecule has 1 heterocycles. The molecule has 2 amide bonds. The third-order valence-electron chi connectivity index (χ3n) is 2.69. The Kier molecular flexibility index (Phi) is 5.44. The Bertz CT molecular complexity index is 731. The van der Waals surface area contributed by atoms with Gasteiger partial charge < -0.3 is 0 Å². The Hall–Kier alpha value is -2.01. The van der Waals surface area contributed by atoms with Crippen LogP contribution in [0.2, 0.25) is 0 Å². The minimum absolute atomic E-state index is 0.000159. The summed E-state index contributed by atoms with van der Waals surface area (Å²) in [5, 5.41) is 6.38. The van der Waals surface area contributed by atoms with Crippen molar-refractivity contribution in [3.63, 3.8) is 0 Å². The van der Waals surface area contributed by atoms with E-state index in [2.05, 4.69) is 43.9 Å². The molecule has 1 aromatic carbocycles. The molecular weight excluding hydrogens is 417 g/mol. The normalized spacial score (nSPS) is 9.91. The zero-order chi connectivity index (χ0) is 16.1. The van der Waals surface area contributed by atoms with E-state index in [-0.39, 0.29) is 11.0 Å². The van der Waals surface area contributed by atoms with Gasteiger partial charge in [-0.25, -0.2) is 0 Å². The maximum absolute atomic E-state index is 12.0. The van der Waals surface area contributed by atoms with E-state index in [1.54, 1.807) is 25.2 Å². The molecule has 0 radical (unpaired) electrons. The number of thiocarbonyl (C=S) groups is 1. The number of halogens is 1. The largest absolute Gasteiger partial charge is 0.298 e. The molecular formula is C13H12IN5O2S. The molecule has 22 heavy (non-hydrogen) atoms. The van der Waals surface area contributed by atoms with E-state index in [0.29, 0.717) is 11.3 Å². The average Bonchev–Trinajstić information content (AvgIpc) is 2.91. The Morgan fingerprint density at radius 3 is 2.55 bits per heavy atom. The van der Waals surface area contributed by atoms with E-state index in [1.807, 2.05) is 12.1 Å². The van der Waals surface area contributed by atoms with Crippen molar-refractivity contribution in [2.45, 2.75) is 0 Å². The lowest BCUT2D eigenvalue weighted by atomic mass is 10.2. The predicted octanol–water partition coefficient (Wildman–Crippen LogP) is 0.974. The van der Waals surface area contributed by atoms with E-state index in [1.165, 1.54) is 10.9 Å². The average molecular weight is 429 g/mol.